The Morgan fingerprint density at radius 3 is 2.93 bits per heavy atom. The van der Waals surface area contributed by atoms with Gasteiger partial charge < -0.3 is 0 Å². The monoisotopic (exact) mass is 205 g/mol. The number of pyridine rings is 1. The zero-order chi connectivity index (χ0) is 10.6. The fraction of sp³-hybridized carbons (Fsp3) is 0.250. The molecule has 2 heteroatoms. The van der Waals surface area contributed by atoms with Crippen LogP contribution in [0.1, 0.15) is 23.7 Å². The van der Waals surface area contributed by atoms with Crippen molar-refractivity contribution >= 4 is 17.7 Å². The summed E-state index contributed by atoms with van der Waals surface area (Å²) >= 11 is 5.98. The third kappa shape index (κ3) is 2.37. The lowest BCUT2D eigenvalue weighted by Crippen LogP contribution is -1.93. The molecular formula is C12H12ClN. The molecule has 0 saturated carbocycles. The van der Waals surface area contributed by atoms with Crippen molar-refractivity contribution in [2.45, 2.75) is 20.3 Å². The summed E-state index contributed by atoms with van der Waals surface area (Å²) in [7, 11) is 0. The van der Waals surface area contributed by atoms with Gasteiger partial charge in [0.2, 0.25) is 0 Å². The largest absolute Gasteiger partial charge is 0.236 e. The molecule has 0 aromatic carbocycles. The first-order chi connectivity index (χ1) is 6.69. The summed E-state index contributed by atoms with van der Waals surface area (Å²) in [4.78, 5) is 4.26. The highest BCUT2D eigenvalue weighted by molar-refractivity contribution is 6.30. The minimum absolute atomic E-state index is 0.565. The van der Waals surface area contributed by atoms with Crippen LogP contribution in [0.3, 0.4) is 0 Å². The first-order valence-electron chi connectivity index (χ1n) is 4.47. The molecule has 0 saturated heterocycles. The van der Waals surface area contributed by atoms with E-state index in [2.05, 4.69) is 17.8 Å². The van der Waals surface area contributed by atoms with E-state index in [-0.39, 0.29) is 0 Å². The number of hydrogen-bond donors (Lipinski definition) is 0. The Kier molecular flexibility index (Phi) is 3.73. The van der Waals surface area contributed by atoms with E-state index in [1.165, 1.54) is 0 Å². The third-order valence-electron chi connectivity index (χ3n) is 2.00. The van der Waals surface area contributed by atoms with E-state index in [9.17, 15) is 0 Å². The molecule has 1 rings (SSSR count). The van der Waals surface area contributed by atoms with Crippen molar-refractivity contribution in [3.05, 3.63) is 34.1 Å². The van der Waals surface area contributed by atoms with Gasteiger partial charge in [0, 0.05) is 0 Å². The second kappa shape index (κ2) is 4.83. The number of terminal acetylenes is 1. The minimum atomic E-state index is 0.565. The van der Waals surface area contributed by atoms with Gasteiger partial charge in [0.25, 0.3) is 0 Å². The predicted molar refractivity (Wildman–Crippen MR) is 61.2 cm³/mol. The number of allylic oxidation sites excluding steroid dienone is 1. The van der Waals surface area contributed by atoms with Gasteiger partial charge in [0.1, 0.15) is 5.15 Å². The van der Waals surface area contributed by atoms with E-state index < -0.39 is 0 Å². The van der Waals surface area contributed by atoms with Gasteiger partial charge in [-0.2, -0.15) is 0 Å². The van der Waals surface area contributed by atoms with Crippen LogP contribution in [0.5, 0.6) is 0 Å². The average Bonchev–Trinajstić information content (AvgIpc) is 2.18. The van der Waals surface area contributed by atoms with Gasteiger partial charge in [-0.05, 0) is 36.6 Å². The van der Waals surface area contributed by atoms with Crippen molar-refractivity contribution in [3.8, 4) is 12.3 Å². The van der Waals surface area contributed by atoms with Crippen molar-refractivity contribution in [2.75, 3.05) is 0 Å². The van der Waals surface area contributed by atoms with Crippen LogP contribution in [-0.4, -0.2) is 4.98 Å². The molecule has 0 spiro atoms. The van der Waals surface area contributed by atoms with Crippen LogP contribution in [0.4, 0.5) is 0 Å². The summed E-state index contributed by atoms with van der Waals surface area (Å²) in [6.45, 7) is 4.05. The number of nitrogens with zero attached hydrogens (tertiary/aromatic N) is 1. The predicted octanol–water partition coefficient (Wildman–Crippen LogP) is 3.25. The molecule has 0 aliphatic rings. The van der Waals surface area contributed by atoms with Crippen LogP contribution in [0.2, 0.25) is 5.15 Å². The Labute approximate surface area is 89.8 Å². The maximum Gasteiger partial charge on any atom is 0.132 e. The lowest BCUT2D eigenvalue weighted by Gasteiger charge is -2.04. The summed E-state index contributed by atoms with van der Waals surface area (Å²) in [5, 5.41) is 0.565. The topological polar surface area (TPSA) is 12.9 Å². The lowest BCUT2D eigenvalue weighted by atomic mass is 10.1. The highest BCUT2D eigenvalue weighted by atomic mass is 35.5. The first-order valence-corrected chi connectivity index (χ1v) is 4.85. The molecule has 1 aromatic rings. The van der Waals surface area contributed by atoms with Crippen LogP contribution in [0.15, 0.2) is 12.1 Å². The Morgan fingerprint density at radius 2 is 2.36 bits per heavy atom. The molecule has 1 nitrogen and oxygen atoms in total. The molecule has 0 fully saturated rings. The first kappa shape index (κ1) is 10.8. The average molecular weight is 206 g/mol. The molecule has 14 heavy (non-hydrogen) atoms. The van der Waals surface area contributed by atoms with Crippen LogP contribution in [0.25, 0.3) is 6.08 Å². The van der Waals surface area contributed by atoms with Gasteiger partial charge in [0.15, 0.2) is 0 Å². The van der Waals surface area contributed by atoms with Gasteiger partial charge in [0.05, 0.1) is 5.69 Å². The van der Waals surface area contributed by atoms with Crippen molar-refractivity contribution in [2.24, 2.45) is 0 Å². The van der Waals surface area contributed by atoms with Crippen molar-refractivity contribution in [1.29, 1.82) is 0 Å². The summed E-state index contributed by atoms with van der Waals surface area (Å²) < 4.78 is 0. The number of halogens is 1. The van der Waals surface area contributed by atoms with Crippen molar-refractivity contribution in [1.82, 2.24) is 4.98 Å². The van der Waals surface area contributed by atoms with E-state index in [4.69, 9.17) is 18.0 Å². The quantitative estimate of drug-likeness (QED) is 0.534. The highest BCUT2D eigenvalue weighted by Crippen LogP contribution is 2.18. The Balaban J connectivity index is 3.16. The molecule has 0 atom stereocenters. The normalized spacial score (nSPS) is 10.4. The molecule has 0 bridgehead atoms. The lowest BCUT2D eigenvalue weighted by molar-refractivity contribution is 1.08. The smallest absolute Gasteiger partial charge is 0.132 e. The minimum Gasteiger partial charge on any atom is -0.236 e. The Hall–Kier alpha value is -1.26. The molecule has 0 aliphatic heterocycles. The van der Waals surface area contributed by atoms with E-state index in [1.807, 2.05) is 13.0 Å². The summed E-state index contributed by atoms with van der Waals surface area (Å²) in [6, 6.07) is 2.05. The molecule has 1 aromatic heterocycles. The third-order valence-corrected chi connectivity index (χ3v) is 2.32. The van der Waals surface area contributed by atoms with Crippen molar-refractivity contribution < 1.29 is 0 Å². The Morgan fingerprint density at radius 1 is 1.64 bits per heavy atom. The van der Waals surface area contributed by atoms with Crippen LogP contribution in [-0.2, 0) is 6.42 Å². The Bertz CT molecular complexity index is 400. The second-order valence-corrected chi connectivity index (χ2v) is 3.35. The van der Waals surface area contributed by atoms with Gasteiger partial charge in [-0.3, -0.25) is 0 Å². The zero-order valence-corrected chi connectivity index (χ0v) is 9.10. The van der Waals surface area contributed by atoms with Crippen LogP contribution >= 0.6 is 11.6 Å². The molecular weight excluding hydrogens is 194 g/mol. The fourth-order valence-electron chi connectivity index (χ4n) is 1.20. The maximum absolute atomic E-state index is 5.98. The molecule has 0 amide bonds. The summed E-state index contributed by atoms with van der Waals surface area (Å²) in [6.07, 6.45) is 9.43. The molecule has 72 valence electrons. The van der Waals surface area contributed by atoms with Gasteiger partial charge in [-0.25, -0.2) is 4.98 Å². The van der Waals surface area contributed by atoms with E-state index in [0.717, 1.165) is 23.2 Å². The zero-order valence-electron chi connectivity index (χ0n) is 8.34. The van der Waals surface area contributed by atoms with Gasteiger partial charge in [-0.1, -0.05) is 30.5 Å². The summed E-state index contributed by atoms with van der Waals surface area (Å²) in [5.74, 6) is 2.43. The molecule has 0 N–H and O–H groups in total. The number of rotatable bonds is 2. The molecule has 1 heterocycles. The van der Waals surface area contributed by atoms with Gasteiger partial charge >= 0.3 is 0 Å². The molecule has 0 radical (unpaired) electrons. The van der Waals surface area contributed by atoms with E-state index in [1.54, 1.807) is 12.2 Å². The highest BCUT2D eigenvalue weighted by Gasteiger charge is 2.03. The number of aromatic nitrogens is 1. The van der Waals surface area contributed by atoms with Crippen LogP contribution in [0, 0.1) is 19.3 Å². The SMILES string of the molecule is C#C/C=C\c1nc(Cl)c(CC)cc1C. The number of hydrogen-bond acceptors (Lipinski definition) is 1. The standard InChI is InChI=1S/C12H12ClN/c1-4-6-7-11-9(3)8-10(5-2)12(13)14-11/h1,6-8H,5H2,2-3H3/b7-6-. The van der Waals surface area contributed by atoms with E-state index >= 15 is 0 Å². The summed E-state index contributed by atoms with van der Waals surface area (Å²) in [5.41, 5.74) is 3.00. The van der Waals surface area contributed by atoms with Crippen LogP contribution < -0.4 is 0 Å². The second-order valence-electron chi connectivity index (χ2n) is 2.99. The maximum atomic E-state index is 5.98. The molecule has 0 unspecified atom stereocenters. The number of aryl methyl sites for hydroxylation is 2. The van der Waals surface area contributed by atoms with Crippen molar-refractivity contribution in [3.63, 3.8) is 0 Å². The van der Waals surface area contributed by atoms with E-state index in [0.29, 0.717) is 5.15 Å². The van der Waals surface area contributed by atoms with Gasteiger partial charge in [-0.15, -0.1) is 6.42 Å². The molecule has 0 aliphatic carbocycles. The fourth-order valence-corrected chi connectivity index (χ4v) is 1.48.